The van der Waals surface area contributed by atoms with Gasteiger partial charge in [0.1, 0.15) is 12.9 Å². The number of ether oxygens (including phenoxy) is 1. The fourth-order valence-electron chi connectivity index (χ4n) is 2.80. The van der Waals surface area contributed by atoms with Crippen molar-refractivity contribution in [3.63, 3.8) is 0 Å². The first-order valence-electron chi connectivity index (χ1n) is 10.0. The van der Waals surface area contributed by atoms with E-state index < -0.39 is 19.2 Å². The molecule has 160 valence electrons. The fourth-order valence-corrected chi connectivity index (χ4v) is 3.64. The molecule has 0 aliphatic rings. The predicted octanol–water partition coefficient (Wildman–Crippen LogP) is 5.23. The van der Waals surface area contributed by atoms with Gasteiger partial charge < -0.3 is 9.30 Å². The molecule has 2 unspecified atom stereocenters. The van der Waals surface area contributed by atoms with E-state index in [-0.39, 0.29) is 11.2 Å². The van der Waals surface area contributed by atoms with E-state index in [2.05, 4.69) is 46.8 Å². The zero-order valence-electron chi connectivity index (χ0n) is 19.3. The Bertz CT molecular complexity index is 708. The molecule has 0 N–H and O–H groups in total. The summed E-state index contributed by atoms with van der Waals surface area (Å²) in [5.41, 5.74) is 3.32. The maximum Gasteiger partial charge on any atom is 0.342 e. The topological polar surface area (TPSA) is 55.8 Å². The van der Waals surface area contributed by atoms with Crippen LogP contribution >= 0.6 is 7.14 Å². The molecular formula is C22H38NO4P. The number of nitrogens with zero attached hydrogens (tertiary/aromatic N) is 1. The zero-order valence-corrected chi connectivity index (χ0v) is 20.1. The van der Waals surface area contributed by atoms with Gasteiger partial charge in [-0.25, -0.2) is 4.79 Å². The van der Waals surface area contributed by atoms with Crippen LogP contribution in [-0.4, -0.2) is 43.3 Å². The van der Waals surface area contributed by atoms with Crippen LogP contribution in [-0.2, 0) is 32.5 Å². The average Bonchev–Trinajstić information content (AvgIpc) is 2.58. The van der Waals surface area contributed by atoms with Crippen molar-refractivity contribution in [1.29, 1.82) is 0 Å². The van der Waals surface area contributed by atoms with Crippen LogP contribution in [0.25, 0.3) is 0 Å². The van der Waals surface area contributed by atoms with Crippen molar-refractivity contribution in [3.05, 3.63) is 28.8 Å². The molecule has 0 aliphatic carbocycles. The van der Waals surface area contributed by atoms with Gasteiger partial charge in [0.2, 0.25) is 0 Å². The molecule has 0 aliphatic heterocycles. The minimum atomic E-state index is -2.36. The molecule has 1 aromatic carbocycles. The molecule has 0 bridgehead atoms. The highest BCUT2D eigenvalue weighted by molar-refractivity contribution is 7.62. The Morgan fingerprint density at radius 2 is 1.57 bits per heavy atom. The summed E-state index contributed by atoms with van der Waals surface area (Å²) in [6.45, 7) is 17.6. The number of benzene rings is 1. The first-order valence-corrected chi connectivity index (χ1v) is 12.7. The molecule has 0 spiro atoms. The van der Waals surface area contributed by atoms with Crippen LogP contribution in [0.1, 0.15) is 65.2 Å². The SMILES string of the molecule is CCc1cc(C(C)(C)C)cc(CC)c1OC(=O)C(C)ON(C)C(C)P(C)(C)=O. The number of hydrogen-bond acceptors (Lipinski definition) is 5. The van der Waals surface area contributed by atoms with Crippen LogP contribution in [0.3, 0.4) is 0 Å². The second-order valence-corrected chi connectivity index (χ2v) is 12.5. The summed E-state index contributed by atoms with van der Waals surface area (Å²) in [6, 6.07) is 4.26. The summed E-state index contributed by atoms with van der Waals surface area (Å²) in [5.74, 6) is -0.0916. The third kappa shape index (κ3) is 6.43. The van der Waals surface area contributed by atoms with Crippen molar-refractivity contribution in [1.82, 2.24) is 5.06 Å². The van der Waals surface area contributed by atoms with Crippen molar-refractivity contribution in [2.75, 3.05) is 20.4 Å². The van der Waals surface area contributed by atoms with E-state index >= 15 is 0 Å². The highest BCUT2D eigenvalue weighted by atomic mass is 31.2. The molecule has 0 aromatic heterocycles. The van der Waals surface area contributed by atoms with Gasteiger partial charge in [0, 0.05) is 7.05 Å². The monoisotopic (exact) mass is 411 g/mol. The number of aryl methyl sites for hydroxylation is 2. The van der Waals surface area contributed by atoms with E-state index in [9.17, 15) is 9.36 Å². The molecule has 0 heterocycles. The van der Waals surface area contributed by atoms with Gasteiger partial charge in [0.05, 0.1) is 5.78 Å². The largest absolute Gasteiger partial charge is 0.424 e. The molecule has 0 amide bonds. The third-order valence-corrected chi connectivity index (χ3v) is 7.28. The smallest absolute Gasteiger partial charge is 0.342 e. The third-order valence-electron chi connectivity index (χ3n) is 5.16. The normalized spacial score (nSPS) is 14.8. The van der Waals surface area contributed by atoms with Gasteiger partial charge in [-0.2, -0.15) is 5.06 Å². The lowest BCUT2D eigenvalue weighted by molar-refractivity contribution is -0.197. The average molecular weight is 412 g/mol. The van der Waals surface area contributed by atoms with E-state index in [1.807, 2.05) is 6.92 Å². The maximum absolute atomic E-state index is 12.7. The van der Waals surface area contributed by atoms with Crippen molar-refractivity contribution in [2.24, 2.45) is 0 Å². The van der Waals surface area contributed by atoms with E-state index in [1.165, 1.54) is 10.6 Å². The van der Waals surface area contributed by atoms with Crippen molar-refractivity contribution in [2.45, 2.75) is 78.6 Å². The maximum atomic E-state index is 12.7. The number of carbonyl (C=O) groups is 1. The number of hydrogen-bond donors (Lipinski definition) is 0. The van der Waals surface area contributed by atoms with E-state index in [0.717, 1.165) is 24.0 Å². The van der Waals surface area contributed by atoms with E-state index in [0.29, 0.717) is 5.75 Å². The van der Waals surface area contributed by atoms with Crippen LogP contribution < -0.4 is 4.74 Å². The van der Waals surface area contributed by atoms with Crippen LogP contribution in [0, 0.1) is 0 Å². The van der Waals surface area contributed by atoms with E-state index in [4.69, 9.17) is 9.57 Å². The number of esters is 1. The Kier molecular flexibility index (Phi) is 8.49. The molecule has 5 nitrogen and oxygen atoms in total. The van der Waals surface area contributed by atoms with Crippen LogP contribution in [0.2, 0.25) is 0 Å². The first-order chi connectivity index (χ1) is 12.7. The summed E-state index contributed by atoms with van der Waals surface area (Å²) in [5, 5.41) is 1.50. The summed E-state index contributed by atoms with van der Waals surface area (Å²) < 4.78 is 18.0. The second kappa shape index (κ2) is 9.56. The molecule has 6 heteroatoms. The molecule has 0 saturated carbocycles. The number of rotatable bonds is 8. The lowest BCUT2D eigenvalue weighted by atomic mass is 9.84. The molecule has 0 fully saturated rings. The van der Waals surface area contributed by atoms with Gasteiger partial charge in [0.15, 0.2) is 6.10 Å². The summed E-state index contributed by atoms with van der Waals surface area (Å²) in [4.78, 5) is 18.4. The van der Waals surface area contributed by atoms with Crippen LogP contribution in [0.5, 0.6) is 5.75 Å². The molecular weight excluding hydrogens is 373 g/mol. The summed E-state index contributed by atoms with van der Waals surface area (Å²) >= 11 is 0. The summed E-state index contributed by atoms with van der Waals surface area (Å²) in [7, 11) is -0.668. The zero-order chi connectivity index (χ0) is 21.9. The quantitative estimate of drug-likeness (QED) is 0.254. The fraction of sp³-hybridized carbons (Fsp3) is 0.682. The Morgan fingerprint density at radius 1 is 1.11 bits per heavy atom. The minimum Gasteiger partial charge on any atom is -0.424 e. The van der Waals surface area contributed by atoms with Gasteiger partial charge in [-0.05, 0) is 62.1 Å². The lowest BCUT2D eigenvalue weighted by Crippen LogP contribution is -2.37. The Morgan fingerprint density at radius 3 is 1.93 bits per heavy atom. The van der Waals surface area contributed by atoms with E-state index in [1.54, 1.807) is 27.3 Å². The van der Waals surface area contributed by atoms with Crippen molar-refractivity contribution in [3.8, 4) is 5.75 Å². The van der Waals surface area contributed by atoms with Crippen molar-refractivity contribution >= 4 is 13.1 Å². The minimum absolute atomic E-state index is 0.0277. The molecule has 28 heavy (non-hydrogen) atoms. The number of carbonyl (C=O) groups excluding carboxylic acids is 1. The molecule has 1 rings (SSSR count). The lowest BCUT2D eigenvalue weighted by Gasteiger charge is -2.29. The molecule has 0 saturated heterocycles. The number of hydroxylamine groups is 2. The molecule has 2 atom stereocenters. The van der Waals surface area contributed by atoms with Gasteiger partial charge in [-0.1, -0.05) is 46.8 Å². The highest BCUT2D eigenvalue weighted by Gasteiger charge is 2.28. The Hall–Kier alpha value is -1.16. The Labute approximate surface area is 171 Å². The van der Waals surface area contributed by atoms with Gasteiger partial charge in [-0.3, -0.25) is 4.84 Å². The van der Waals surface area contributed by atoms with Gasteiger partial charge in [0.25, 0.3) is 0 Å². The van der Waals surface area contributed by atoms with Gasteiger partial charge in [-0.15, -0.1) is 0 Å². The van der Waals surface area contributed by atoms with Crippen LogP contribution in [0.4, 0.5) is 0 Å². The second-order valence-electron chi connectivity index (χ2n) is 8.86. The predicted molar refractivity (Wildman–Crippen MR) is 117 cm³/mol. The molecule has 1 aromatic rings. The Balaban J connectivity index is 3.06. The standard InChI is InChI=1S/C22H38NO4P/c1-11-17-13-19(22(5,6)7)14-18(12-2)20(17)26-21(24)15(3)27-23(8)16(4)28(9,10)25/h13-16H,11-12H2,1-10H3. The first kappa shape index (κ1) is 24.9. The van der Waals surface area contributed by atoms with Crippen molar-refractivity contribution < 1.29 is 18.9 Å². The highest BCUT2D eigenvalue weighted by Crippen LogP contribution is 2.43. The van der Waals surface area contributed by atoms with Crippen LogP contribution in [0.15, 0.2) is 12.1 Å². The summed E-state index contributed by atoms with van der Waals surface area (Å²) in [6.07, 6.45) is 0.761. The molecule has 0 radical (unpaired) electrons. The van der Waals surface area contributed by atoms with Gasteiger partial charge >= 0.3 is 5.97 Å².